The first-order valence-electron chi connectivity index (χ1n) is 8.33. The van der Waals surface area contributed by atoms with E-state index in [2.05, 4.69) is 15.4 Å². The van der Waals surface area contributed by atoms with Crippen molar-refractivity contribution in [3.63, 3.8) is 0 Å². The quantitative estimate of drug-likeness (QED) is 0.786. The molecule has 7 nitrogen and oxygen atoms in total. The van der Waals surface area contributed by atoms with Gasteiger partial charge in [-0.1, -0.05) is 18.2 Å². The van der Waals surface area contributed by atoms with Gasteiger partial charge in [-0.15, -0.1) is 0 Å². The van der Waals surface area contributed by atoms with Gasteiger partial charge >= 0.3 is 0 Å². The molecule has 0 fully saturated rings. The van der Waals surface area contributed by atoms with Crippen molar-refractivity contribution >= 4 is 11.6 Å². The van der Waals surface area contributed by atoms with E-state index in [1.165, 1.54) is 0 Å². The van der Waals surface area contributed by atoms with Crippen LogP contribution in [-0.2, 0) is 0 Å². The molecular weight excluding hydrogens is 332 g/mol. The highest BCUT2D eigenvalue weighted by molar-refractivity contribution is 6.07. The topological polar surface area (TPSA) is 78.3 Å². The minimum atomic E-state index is -0.269. The van der Waals surface area contributed by atoms with Crippen molar-refractivity contribution in [1.82, 2.24) is 14.8 Å². The Morgan fingerprint density at radius 3 is 2.69 bits per heavy atom. The summed E-state index contributed by atoms with van der Waals surface area (Å²) >= 11 is 0. The van der Waals surface area contributed by atoms with Gasteiger partial charge in [-0.3, -0.25) is 4.79 Å². The van der Waals surface area contributed by atoms with Crippen LogP contribution in [0.3, 0.4) is 0 Å². The van der Waals surface area contributed by atoms with Gasteiger partial charge in [0.15, 0.2) is 11.5 Å². The highest BCUT2D eigenvalue weighted by atomic mass is 16.6. The first kappa shape index (κ1) is 16.1. The molecule has 0 bridgehead atoms. The Labute approximate surface area is 150 Å². The fraction of sp³-hybridized carbons (Fsp3) is 0.211. The zero-order valence-corrected chi connectivity index (χ0v) is 14.5. The van der Waals surface area contributed by atoms with Gasteiger partial charge in [0, 0.05) is 0 Å². The van der Waals surface area contributed by atoms with Gasteiger partial charge in [-0.2, -0.15) is 5.10 Å². The maximum Gasteiger partial charge on any atom is 0.259 e. The number of nitrogens with one attached hydrogen (secondary N) is 1. The number of fused-ring (bicyclic) bond motifs is 1. The van der Waals surface area contributed by atoms with Crippen molar-refractivity contribution in [3.8, 4) is 17.2 Å². The van der Waals surface area contributed by atoms with E-state index in [0.717, 1.165) is 11.5 Å². The third kappa shape index (κ3) is 2.88. The molecule has 132 valence electrons. The van der Waals surface area contributed by atoms with Crippen LogP contribution in [0.5, 0.6) is 11.5 Å². The van der Waals surface area contributed by atoms with Crippen molar-refractivity contribution in [3.05, 3.63) is 59.7 Å². The van der Waals surface area contributed by atoms with E-state index >= 15 is 0 Å². The molecule has 1 aliphatic heterocycles. The Hall–Kier alpha value is -3.35. The van der Waals surface area contributed by atoms with E-state index in [-0.39, 0.29) is 5.91 Å². The fourth-order valence-electron chi connectivity index (χ4n) is 2.96. The maximum atomic E-state index is 12.9. The zero-order valence-electron chi connectivity index (χ0n) is 14.5. The number of aromatic nitrogens is 3. The Morgan fingerprint density at radius 1 is 1.08 bits per heavy atom. The number of hydrogen-bond donors (Lipinski definition) is 1. The van der Waals surface area contributed by atoms with Crippen molar-refractivity contribution < 1.29 is 14.3 Å². The van der Waals surface area contributed by atoms with E-state index in [9.17, 15) is 4.79 Å². The molecule has 0 saturated heterocycles. The lowest BCUT2D eigenvalue weighted by Gasteiger charge is -2.20. The standard InChI is InChI=1S/C19H18N4O3/c1-12-20-13(2)23(22-12)16-8-4-3-7-15(16)21-19(24)14-6-5-9-17-18(14)26-11-10-25-17/h3-9H,10-11H2,1-2H3,(H,21,24). The summed E-state index contributed by atoms with van der Waals surface area (Å²) in [6.07, 6.45) is 0. The Kier molecular flexibility index (Phi) is 4.04. The highest BCUT2D eigenvalue weighted by Crippen LogP contribution is 2.34. The molecule has 1 N–H and O–H groups in total. The average Bonchev–Trinajstić information content (AvgIpc) is 2.99. The zero-order chi connectivity index (χ0) is 18.1. The lowest BCUT2D eigenvalue weighted by atomic mass is 10.1. The van der Waals surface area contributed by atoms with Gasteiger partial charge in [0.25, 0.3) is 5.91 Å². The van der Waals surface area contributed by atoms with Crippen LogP contribution in [0.15, 0.2) is 42.5 Å². The number of anilines is 1. The second-order valence-electron chi connectivity index (χ2n) is 5.92. The van der Waals surface area contributed by atoms with E-state index < -0.39 is 0 Å². The molecule has 0 spiro atoms. The van der Waals surface area contributed by atoms with Crippen LogP contribution >= 0.6 is 0 Å². The number of amides is 1. The van der Waals surface area contributed by atoms with Gasteiger partial charge in [0.05, 0.1) is 16.9 Å². The molecule has 0 saturated carbocycles. The van der Waals surface area contributed by atoms with Crippen LogP contribution in [0.25, 0.3) is 5.69 Å². The first-order chi connectivity index (χ1) is 12.6. The van der Waals surface area contributed by atoms with Crippen LogP contribution in [0, 0.1) is 13.8 Å². The van der Waals surface area contributed by atoms with E-state index in [4.69, 9.17) is 9.47 Å². The molecule has 0 aliphatic carbocycles. The van der Waals surface area contributed by atoms with Crippen LogP contribution < -0.4 is 14.8 Å². The third-order valence-electron chi connectivity index (χ3n) is 4.07. The van der Waals surface area contributed by atoms with Crippen molar-refractivity contribution in [2.75, 3.05) is 18.5 Å². The van der Waals surface area contributed by atoms with E-state index in [1.807, 2.05) is 38.1 Å². The first-order valence-corrected chi connectivity index (χ1v) is 8.33. The Bertz CT molecular complexity index is 981. The molecule has 1 amide bonds. The van der Waals surface area contributed by atoms with Crippen molar-refractivity contribution in [2.45, 2.75) is 13.8 Å². The van der Waals surface area contributed by atoms with Crippen LogP contribution in [0.4, 0.5) is 5.69 Å². The van der Waals surface area contributed by atoms with Gasteiger partial charge in [0.1, 0.15) is 24.9 Å². The van der Waals surface area contributed by atoms with Crippen LogP contribution in [-0.4, -0.2) is 33.9 Å². The number of rotatable bonds is 3. The summed E-state index contributed by atoms with van der Waals surface area (Å²) in [5, 5.41) is 7.35. The highest BCUT2D eigenvalue weighted by Gasteiger charge is 2.21. The molecule has 1 aliphatic rings. The van der Waals surface area contributed by atoms with Crippen molar-refractivity contribution in [2.24, 2.45) is 0 Å². The summed E-state index contributed by atoms with van der Waals surface area (Å²) in [4.78, 5) is 17.2. The summed E-state index contributed by atoms with van der Waals surface area (Å²) < 4.78 is 12.9. The molecule has 0 unspecified atom stereocenters. The number of hydrogen-bond acceptors (Lipinski definition) is 5. The lowest BCUT2D eigenvalue weighted by molar-refractivity contribution is 0.101. The number of carbonyl (C=O) groups is 1. The molecule has 2 aromatic carbocycles. The minimum Gasteiger partial charge on any atom is -0.486 e. The molecule has 2 heterocycles. The molecule has 4 rings (SSSR count). The summed E-state index contributed by atoms with van der Waals surface area (Å²) in [6, 6.07) is 12.8. The molecule has 7 heteroatoms. The summed E-state index contributed by atoms with van der Waals surface area (Å²) in [5.41, 5.74) is 1.82. The van der Waals surface area contributed by atoms with Gasteiger partial charge in [0.2, 0.25) is 0 Å². The lowest BCUT2D eigenvalue weighted by Crippen LogP contribution is -2.20. The molecule has 0 atom stereocenters. The Balaban J connectivity index is 1.69. The second-order valence-corrected chi connectivity index (χ2v) is 5.92. The summed E-state index contributed by atoms with van der Waals surface area (Å²) in [5.74, 6) is 2.21. The molecule has 3 aromatic rings. The minimum absolute atomic E-state index is 0.269. The second kappa shape index (κ2) is 6.51. The number of aryl methyl sites for hydroxylation is 2. The number of benzene rings is 2. The molecule has 1 aromatic heterocycles. The van der Waals surface area contributed by atoms with Gasteiger partial charge in [-0.25, -0.2) is 9.67 Å². The predicted molar refractivity (Wildman–Crippen MR) is 96.2 cm³/mol. The Morgan fingerprint density at radius 2 is 1.88 bits per heavy atom. The molecule has 26 heavy (non-hydrogen) atoms. The fourth-order valence-corrected chi connectivity index (χ4v) is 2.96. The monoisotopic (exact) mass is 350 g/mol. The normalized spacial score (nSPS) is 12.7. The number of nitrogens with zero attached hydrogens (tertiary/aromatic N) is 3. The number of para-hydroxylation sites is 3. The third-order valence-corrected chi connectivity index (χ3v) is 4.07. The average molecular weight is 350 g/mol. The molecule has 0 radical (unpaired) electrons. The van der Waals surface area contributed by atoms with E-state index in [0.29, 0.717) is 41.8 Å². The van der Waals surface area contributed by atoms with Crippen LogP contribution in [0.1, 0.15) is 22.0 Å². The van der Waals surface area contributed by atoms with Crippen LogP contribution in [0.2, 0.25) is 0 Å². The number of carbonyl (C=O) groups excluding carboxylic acids is 1. The van der Waals surface area contributed by atoms with Gasteiger partial charge in [-0.05, 0) is 38.1 Å². The maximum absolute atomic E-state index is 12.9. The smallest absolute Gasteiger partial charge is 0.259 e. The summed E-state index contributed by atoms with van der Waals surface area (Å²) in [7, 11) is 0. The largest absolute Gasteiger partial charge is 0.486 e. The summed E-state index contributed by atoms with van der Waals surface area (Å²) in [6.45, 7) is 4.60. The number of ether oxygens (including phenoxy) is 2. The SMILES string of the molecule is Cc1nc(C)n(-c2ccccc2NC(=O)c2cccc3c2OCCO3)n1. The van der Waals surface area contributed by atoms with Crippen molar-refractivity contribution in [1.29, 1.82) is 0 Å². The molecular formula is C19H18N4O3. The predicted octanol–water partition coefficient (Wildman–Crippen LogP) is 2.91. The van der Waals surface area contributed by atoms with E-state index in [1.54, 1.807) is 22.9 Å². The van der Waals surface area contributed by atoms with Gasteiger partial charge < -0.3 is 14.8 Å².